The van der Waals surface area contributed by atoms with E-state index in [0.717, 1.165) is 5.56 Å². The van der Waals surface area contributed by atoms with Crippen molar-refractivity contribution in [3.8, 4) is 0 Å². The van der Waals surface area contributed by atoms with Crippen LogP contribution in [-0.4, -0.2) is 18.9 Å². The first-order valence-electron chi connectivity index (χ1n) is 6.59. The molecule has 0 bridgehead atoms. The number of carbonyl (C=O) groups excluding carboxylic acids is 2. The maximum atomic E-state index is 12.2. The van der Waals surface area contributed by atoms with E-state index in [1.807, 2.05) is 31.2 Å². The van der Waals surface area contributed by atoms with E-state index in [-0.39, 0.29) is 5.78 Å². The molecule has 0 saturated carbocycles. The van der Waals surface area contributed by atoms with Crippen molar-refractivity contribution in [1.29, 1.82) is 0 Å². The van der Waals surface area contributed by atoms with Crippen molar-refractivity contribution in [2.45, 2.75) is 6.92 Å². The summed E-state index contributed by atoms with van der Waals surface area (Å²) in [6.07, 6.45) is 3.12. The van der Waals surface area contributed by atoms with Crippen molar-refractivity contribution in [2.24, 2.45) is 0 Å². The number of ether oxygens (including phenoxy) is 1. The van der Waals surface area contributed by atoms with Crippen LogP contribution in [0.5, 0.6) is 0 Å². The number of benzene rings is 2. The summed E-state index contributed by atoms with van der Waals surface area (Å²) in [6, 6.07) is 14.4. The molecule has 0 aliphatic heterocycles. The van der Waals surface area contributed by atoms with Gasteiger partial charge >= 0.3 is 5.97 Å². The van der Waals surface area contributed by atoms with Gasteiger partial charge in [0.15, 0.2) is 5.78 Å². The summed E-state index contributed by atoms with van der Waals surface area (Å²) in [5, 5.41) is 0. The van der Waals surface area contributed by atoms with Crippen LogP contribution in [0.4, 0.5) is 0 Å². The first-order valence-corrected chi connectivity index (χ1v) is 6.59. The molecule has 0 spiro atoms. The Morgan fingerprint density at radius 3 is 2.24 bits per heavy atom. The van der Waals surface area contributed by atoms with E-state index in [0.29, 0.717) is 16.7 Å². The van der Waals surface area contributed by atoms with Crippen LogP contribution in [0.25, 0.3) is 6.08 Å². The fourth-order valence-corrected chi connectivity index (χ4v) is 2.04. The summed E-state index contributed by atoms with van der Waals surface area (Å²) in [6.45, 7) is 1.89. The van der Waals surface area contributed by atoms with Crippen molar-refractivity contribution in [3.05, 3.63) is 76.9 Å². The molecule has 0 radical (unpaired) electrons. The van der Waals surface area contributed by atoms with E-state index >= 15 is 0 Å². The van der Waals surface area contributed by atoms with Gasteiger partial charge in [-0.15, -0.1) is 0 Å². The standard InChI is InChI=1S/C18H16O3/c1-13-7-3-5-9-15(13)17(19)12-11-14-8-4-6-10-16(14)18(20)21-2/h3-12H,1-2H3/b12-11+. The molecular weight excluding hydrogens is 264 g/mol. The number of esters is 1. The highest BCUT2D eigenvalue weighted by molar-refractivity contribution is 6.08. The van der Waals surface area contributed by atoms with Crippen LogP contribution in [0, 0.1) is 6.92 Å². The zero-order valence-electron chi connectivity index (χ0n) is 12.0. The van der Waals surface area contributed by atoms with Crippen LogP contribution in [0.1, 0.15) is 31.8 Å². The van der Waals surface area contributed by atoms with Crippen LogP contribution < -0.4 is 0 Å². The topological polar surface area (TPSA) is 43.4 Å². The lowest BCUT2D eigenvalue weighted by Crippen LogP contribution is -2.03. The minimum absolute atomic E-state index is 0.0900. The van der Waals surface area contributed by atoms with Gasteiger partial charge in [0.25, 0.3) is 0 Å². The molecule has 2 aromatic rings. The third-order valence-electron chi connectivity index (χ3n) is 3.19. The molecule has 0 aliphatic carbocycles. The third-order valence-corrected chi connectivity index (χ3v) is 3.19. The lowest BCUT2D eigenvalue weighted by atomic mass is 10.0. The summed E-state index contributed by atoms with van der Waals surface area (Å²) >= 11 is 0. The average molecular weight is 280 g/mol. The number of allylic oxidation sites excluding steroid dienone is 1. The molecule has 0 heterocycles. The molecule has 0 unspecified atom stereocenters. The summed E-state index contributed by atoms with van der Waals surface area (Å²) in [5.74, 6) is -0.508. The second-order valence-electron chi connectivity index (χ2n) is 4.59. The van der Waals surface area contributed by atoms with Crippen molar-refractivity contribution in [2.75, 3.05) is 7.11 Å². The highest BCUT2D eigenvalue weighted by Crippen LogP contribution is 2.14. The van der Waals surface area contributed by atoms with Crippen molar-refractivity contribution >= 4 is 17.8 Å². The Bertz CT molecular complexity index is 699. The molecule has 0 fully saturated rings. The molecule has 3 nitrogen and oxygen atoms in total. The lowest BCUT2D eigenvalue weighted by Gasteiger charge is -2.04. The molecule has 0 saturated heterocycles. The zero-order chi connectivity index (χ0) is 15.2. The normalized spacial score (nSPS) is 10.6. The summed E-state index contributed by atoms with van der Waals surface area (Å²) < 4.78 is 4.73. The molecule has 0 amide bonds. The second-order valence-corrected chi connectivity index (χ2v) is 4.59. The fraction of sp³-hybridized carbons (Fsp3) is 0.111. The van der Waals surface area contributed by atoms with Crippen molar-refractivity contribution in [3.63, 3.8) is 0 Å². The van der Waals surface area contributed by atoms with Crippen LogP contribution in [0.3, 0.4) is 0 Å². The summed E-state index contributed by atoms with van der Waals surface area (Å²) in [4.78, 5) is 23.8. The SMILES string of the molecule is COC(=O)c1ccccc1/C=C/C(=O)c1ccccc1C. The molecule has 0 atom stereocenters. The quantitative estimate of drug-likeness (QED) is 0.487. The molecule has 3 heteroatoms. The van der Waals surface area contributed by atoms with E-state index in [4.69, 9.17) is 4.74 Å². The monoisotopic (exact) mass is 280 g/mol. The third kappa shape index (κ3) is 3.45. The molecule has 106 valence electrons. The molecular formula is C18H16O3. The van der Waals surface area contributed by atoms with Crippen LogP contribution >= 0.6 is 0 Å². The number of aryl methyl sites for hydroxylation is 1. The number of methoxy groups -OCH3 is 1. The largest absolute Gasteiger partial charge is 0.465 e. The minimum atomic E-state index is -0.418. The van der Waals surface area contributed by atoms with Gasteiger partial charge in [0, 0.05) is 5.56 Å². The molecule has 2 rings (SSSR count). The van der Waals surface area contributed by atoms with Gasteiger partial charge in [-0.1, -0.05) is 48.5 Å². The van der Waals surface area contributed by atoms with Gasteiger partial charge in [0.05, 0.1) is 12.7 Å². The number of rotatable bonds is 4. The fourth-order valence-electron chi connectivity index (χ4n) is 2.04. The van der Waals surface area contributed by atoms with E-state index in [2.05, 4.69) is 0 Å². The maximum Gasteiger partial charge on any atom is 0.338 e. The predicted octanol–water partition coefficient (Wildman–Crippen LogP) is 3.68. The molecule has 0 aromatic heterocycles. The highest BCUT2D eigenvalue weighted by atomic mass is 16.5. The van der Waals surface area contributed by atoms with Crippen molar-refractivity contribution in [1.82, 2.24) is 0 Å². The van der Waals surface area contributed by atoms with E-state index in [1.54, 1.807) is 30.3 Å². The van der Waals surface area contributed by atoms with Gasteiger partial charge in [-0.3, -0.25) is 4.79 Å². The van der Waals surface area contributed by atoms with Crippen LogP contribution in [0.15, 0.2) is 54.6 Å². The second kappa shape index (κ2) is 6.66. The van der Waals surface area contributed by atoms with Gasteiger partial charge in [-0.25, -0.2) is 4.79 Å². The van der Waals surface area contributed by atoms with Crippen LogP contribution in [0.2, 0.25) is 0 Å². The van der Waals surface area contributed by atoms with E-state index in [1.165, 1.54) is 13.2 Å². The molecule has 21 heavy (non-hydrogen) atoms. The molecule has 0 aliphatic rings. The minimum Gasteiger partial charge on any atom is -0.465 e. The van der Waals surface area contributed by atoms with E-state index in [9.17, 15) is 9.59 Å². The first-order chi connectivity index (χ1) is 10.1. The van der Waals surface area contributed by atoms with Crippen molar-refractivity contribution < 1.29 is 14.3 Å². The van der Waals surface area contributed by atoms with E-state index < -0.39 is 5.97 Å². The van der Waals surface area contributed by atoms with Gasteiger partial charge in [0.2, 0.25) is 0 Å². The van der Waals surface area contributed by atoms with Gasteiger partial charge in [0.1, 0.15) is 0 Å². The summed E-state index contributed by atoms with van der Waals surface area (Å²) in [5.41, 5.74) is 2.68. The molecule has 0 N–H and O–H groups in total. The Hall–Kier alpha value is -2.68. The first kappa shape index (κ1) is 14.7. The van der Waals surface area contributed by atoms with Gasteiger partial charge in [-0.05, 0) is 30.2 Å². The summed E-state index contributed by atoms with van der Waals surface area (Å²) in [7, 11) is 1.33. The smallest absolute Gasteiger partial charge is 0.338 e. The Kier molecular flexibility index (Phi) is 4.67. The zero-order valence-corrected chi connectivity index (χ0v) is 12.0. The Morgan fingerprint density at radius 2 is 1.57 bits per heavy atom. The molecule has 2 aromatic carbocycles. The Morgan fingerprint density at radius 1 is 0.952 bits per heavy atom. The number of ketones is 1. The van der Waals surface area contributed by atoms with Gasteiger partial charge < -0.3 is 4.74 Å². The number of carbonyl (C=O) groups is 2. The number of hydrogen-bond acceptors (Lipinski definition) is 3. The number of hydrogen-bond donors (Lipinski definition) is 0. The lowest BCUT2D eigenvalue weighted by molar-refractivity contribution is 0.0600. The van der Waals surface area contributed by atoms with Crippen LogP contribution in [-0.2, 0) is 4.74 Å². The Balaban J connectivity index is 2.28. The Labute approximate surface area is 123 Å². The average Bonchev–Trinajstić information content (AvgIpc) is 2.52. The maximum absolute atomic E-state index is 12.2. The van der Waals surface area contributed by atoms with Gasteiger partial charge in [-0.2, -0.15) is 0 Å². The predicted molar refractivity (Wildman–Crippen MR) is 82.3 cm³/mol. The highest BCUT2D eigenvalue weighted by Gasteiger charge is 2.09.